The van der Waals surface area contributed by atoms with E-state index in [4.69, 9.17) is 18.9 Å². The zero-order valence-corrected chi connectivity index (χ0v) is 18.0. The Labute approximate surface area is 171 Å². The standard InChI is InChI=1S/C23H37NO4/c1-5-21(4)24-12-13-25-14-15-26-16-17-27-18-19-28-23-10-8-22(9-11-23)7-6-20(2)3/h8-11,20-21,24H,5,12-19H2,1-4H3. The van der Waals surface area contributed by atoms with Crippen molar-refractivity contribution in [1.29, 1.82) is 0 Å². The Bertz CT molecular complexity index is 548. The maximum Gasteiger partial charge on any atom is 0.119 e. The molecule has 0 aliphatic heterocycles. The van der Waals surface area contributed by atoms with Gasteiger partial charge < -0.3 is 24.3 Å². The summed E-state index contributed by atoms with van der Waals surface area (Å²) in [6.07, 6.45) is 1.13. The molecule has 0 aliphatic rings. The van der Waals surface area contributed by atoms with Gasteiger partial charge in [0.2, 0.25) is 0 Å². The van der Waals surface area contributed by atoms with Crippen molar-refractivity contribution in [2.24, 2.45) is 5.92 Å². The minimum Gasteiger partial charge on any atom is -0.491 e. The highest BCUT2D eigenvalue weighted by molar-refractivity contribution is 5.38. The molecule has 0 saturated carbocycles. The van der Waals surface area contributed by atoms with Crippen LogP contribution in [0.4, 0.5) is 0 Å². The molecule has 0 aliphatic carbocycles. The molecule has 5 nitrogen and oxygen atoms in total. The Morgan fingerprint density at radius 2 is 1.39 bits per heavy atom. The molecule has 1 aromatic carbocycles. The van der Waals surface area contributed by atoms with Crippen LogP contribution < -0.4 is 10.1 Å². The Kier molecular flexibility index (Phi) is 14.3. The molecular formula is C23H37NO4. The smallest absolute Gasteiger partial charge is 0.119 e. The van der Waals surface area contributed by atoms with E-state index in [1.54, 1.807) is 0 Å². The molecule has 5 heteroatoms. The number of rotatable bonds is 15. The van der Waals surface area contributed by atoms with Crippen LogP contribution in [0.25, 0.3) is 0 Å². The van der Waals surface area contributed by atoms with E-state index in [1.165, 1.54) is 0 Å². The van der Waals surface area contributed by atoms with Gasteiger partial charge in [-0.3, -0.25) is 0 Å². The summed E-state index contributed by atoms with van der Waals surface area (Å²) in [6.45, 7) is 13.5. The van der Waals surface area contributed by atoms with Crippen molar-refractivity contribution < 1.29 is 18.9 Å². The average molecular weight is 392 g/mol. The quantitative estimate of drug-likeness (QED) is 0.366. The molecule has 1 atom stereocenters. The first-order valence-electron chi connectivity index (χ1n) is 10.3. The van der Waals surface area contributed by atoms with Crippen LogP contribution in [0.1, 0.15) is 39.7 Å². The van der Waals surface area contributed by atoms with Gasteiger partial charge in [-0.05, 0) is 37.6 Å². The molecule has 0 aromatic heterocycles. The van der Waals surface area contributed by atoms with Crippen LogP contribution in [-0.2, 0) is 14.2 Å². The van der Waals surface area contributed by atoms with Crippen LogP contribution in [0, 0.1) is 17.8 Å². The highest BCUT2D eigenvalue weighted by Crippen LogP contribution is 2.11. The fourth-order valence-electron chi connectivity index (χ4n) is 2.14. The third kappa shape index (κ3) is 13.6. The molecule has 0 saturated heterocycles. The van der Waals surface area contributed by atoms with E-state index in [0.29, 0.717) is 58.2 Å². The van der Waals surface area contributed by atoms with Crippen LogP contribution in [0.15, 0.2) is 24.3 Å². The van der Waals surface area contributed by atoms with Gasteiger partial charge in [0.05, 0.1) is 39.6 Å². The van der Waals surface area contributed by atoms with Gasteiger partial charge in [-0.1, -0.05) is 32.6 Å². The lowest BCUT2D eigenvalue weighted by Crippen LogP contribution is -2.29. The SMILES string of the molecule is CCC(C)NCCOCCOCCOCCOc1ccc(C#CC(C)C)cc1. The average Bonchev–Trinajstić information content (AvgIpc) is 2.70. The second-order valence-corrected chi connectivity index (χ2v) is 6.90. The first-order valence-corrected chi connectivity index (χ1v) is 10.3. The van der Waals surface area contributed by atoms with Crippen molar-refractivity contribution in [3.63, 3.8) is 0 Å². The van der Waals surface area contributed by atoms with Gasteiger partial charge in [0.25, 0.3) is 0 Å². The summed E-state index contributed by atoms with van der Waals surface area (Å²) in [7, 11) is 0. The first kappa shape index (κ1) is 24.5. The van der Waals surface area contributed by atoms with Gasteiger partial charge in [0.1, 0.15) is 12.4 Å². The summed E-state index contributed by atoms with van der Waals surface area (Å²) in [5, 5.41) is 3.38. The third-order valence-electron chi connectivity index (χ3n) is 3.95. The van der Waals surface area contributed by atoms with Crippen LogP contribution >= 0.6 is 0 Å². The third-order valence-corrected chi connectivity index (χ3v) is 3.95. The number of hydrogen-bond acceptors (Lipinski definition) is 5. The van der Waals surface area contributed by atoms with Gasteiger partial charge in [-0.2, -0.15) is 0 Å². The van der Waals surface area contributed by atoms with E-state index in [9.17, 15) is 0 Å². The Morgan fingerprint density at radius 3 is 1.96 bits per heavy atom. The summed E-state index contributed by atoms with van der Waals surface area (Å²) in [6, 6.07) is 8.37. The van der Waals surface area contributed by atoms with Crippen molar-refractivity contribution in [1.82, 2.24) is 5.32 Å². The highest BCUT2D eigenvalue weighted by Gasteiger charge is 1.97. The minimum atomic E-state index is 0.376. The van der Waals surface area contributed by atoms with E-state index < -0.39 is 0 Å². The zero-order valence-electron chi connectivity index (χ0n) is 18.0. The van der Waals surface area contributed by atoms with Gasteiger partial charge >= 0.3 is 0 Å². The second kappa shape index (κ2) is 16.4. The van der Waals surface area contributed by atoms with Crippen molar-refractivity contribution in [2.75, 3.05) is 52.8 Å². The minimum absolute atomic E-state index is 0.376. The Morgan fingerprint density at radius 1 is 0.821 bits per heavy atom. The highest BCUT2D eigenvalue weighted by atomic mass is 16.6. The van der Waals surface area contributed by atoms with Crippen molar-refractivity contribution in [3.05, 3.63) is 29.8 Å². The topological polar surface area (TPSA) is 49.0 Å². The normalized spacial score (nSPS) is 11.9. The monoisotopic (exact) mass is 391 g/mol. The lowest BCUT2D eigenvalue weighted by Gasteiger charge is -2.11. The molecule has 158 valence electrons. The molecular weight excluding hydrogens is 354 g/mol. The maximum absolute atomic E-state index is 5.65. The molecule has 1 N–H and O–H groups in total. The Hall–Kier alpha value is -1.58. The fraction of sp³-hybridized carbons (Fsp3) is 0.652. The molecule has 1 unspecified atom stereocenters. The number of nitrogens with one attached hydrogen (secondary N) is 1. The predicted octanol–water partition coefficient (Wildman–Crippen LogP) is 3.51. The molecule has 0 bridgehead atoms. The van der Waals surface area contributed by atoms with E-state index in [2.05, 4.69) is 44.9 Å². The molecule has 0 heterocycles. The molecule has 1 aromatic rings. The number of benzene rings is 1. The molecule has 0 fully saturated rings. The van der Waals surface area contributed by atoms with Gasteiger partial charge in [-0.15, -0.1) is 0 Å². The lowest BCUT2D eigenvalue weighted by atomic mass is 10.2. The number of hydrogen-bond donors (Lipinski definition) is 1. The van der Waals surface area contributed by atoms with Crippen molar-refractivity contribution >= 4 is 0 Å². The molecule has 0 spiro atoms. The summed E-state index contributed by atoms with van der Waals surface area (Å²) in [4.78, 5) is 0. The summed E-state index contributed by atoms with van der Waals surface area (Å²) in [5.41, 5.74) is 1.00. The van der Waals surface area contributed by atoms with Crippen LogP contribution in [0.2, 0.25) is 0 Å². The van der Waals surface area contributed by atoms with Crippen LogP contribution in [0.3, 0.4) is 0 Å². The van der Waals surface area contributed by atoms with Crippen LogP contribution in [-0.4, -0.2) is 58.8 Å². The van der Waals surface area contributed by atoms with Crippen molar-refractivity contribution in [2.45, 2.75) is 40.2 Å². The Balaban J connectivity index is 1.91. The molecule has 0 radical (unpaired) electrons. The number of ether oxygens (including phenoxy) is 4. The largest absolute Gasteiger partial charge is 0.491 e. The maximum atomic E-state index is 5.65. The van der Waals surface area contributed by atoms with Crippen LogP contribution in [0.5, 0.6) is 5.75 Å². The van der Waals surface area contributed by atoms with Gasteiger partial charge in [0.15, 0.2) is 0 Å². The summed E-state index contributed by atoms with van der Waals surface area (Å²) in [5.74, 6) is 7.49. The lowest BCUT2D eigenvalue weighted by molar-refractivity contribution is 0.00966. The van der Waals surface area contributed by atoms with Gasteiger partial charge in [-0.25, -0.2) is 0 Å². The van der Waals surface area contributed by atoms with Gasteiger partial charge in [0, 0.05) is 24.1 Å². The summed E-state index contributed by atoms with van der Waals surface area (Å²) < 4.78 is 22.1. The molecule has 1 rings (SSSR count). The summed E-state index contributed by atoms with van der Waals surface area (Å²) >= 11 is 0. The van der Waals surface area contributed by atoms with E-state index in [1.807, 2.05) is 24.3 Å². The second-order valence-electron chi connectivity index (χ2n) is 6.90. The van der Waals surface area contributed by atoms with E-state index in [0.717, 1.165) is 24.3 Å². The fourth-order valence-corrected chi connectivity index (χ4v) is 2.14. The van der Waals surface area contributed by atoms with Crippen molar-refractivity contribution in [3.8, 4) is 17.6 Å². The first-order chi connectivity index (χ1) is 13.6. The van der Waals surface area contributed by atoms with E-state index in [-0.39, 0.29) is 0 Å². The molecule has 0 amide bonds. The zero-order chi connectivity index (χ0) is 20.5. The predicted molar refractivity (Wildman–Crippen MR) is 114 cm³/mol. The van der Waals surface area contributed by atoms with E-state index >= 15 is 0 Å². The molecule has 28 heavy (non-hydrogen) atoms.